The summed E-state index contributed by atoms with van der Waals surface area (Å²) in [5.74, 6) is 9.42. The molecule has 0 amide bonds. The van der Waals surface area contributed by atoms with Gasteiger partial charge in [0.1, 0.15) is 0 Å². The summed E-state index contributed by atoms with van der Waals surface area (Å²) < 4.78 is 0. The average Bonchev–Trinajstić information content (AvgIpc) is 2.15. The number of hydrazine groups is 6. The van der Waals surface area contributed by atoms with Crippen molar-refractivity contribution in [1.82, 2.24) is 33.2 Å². The summed E-state index contributed by atoms with van der Waals surface area (Å²) in [6, 6.07) is 0. The maximum Gasteiger partial charge on any atom is -0.0394 e. The predicted octanol–water partition coefficient (Wildman–Crippen LogP) is -2.98. The molecule has 0 rings (SSSR count). The highest BCUT2D eigenvalue weighted by atomic mass is 15.9. The van der Waals surface area contributed by atoms with E-state index in [-0.39, 0.29) is 0 Å². The summed E-state index contributed by atoms with van der Waals surface area (Å²) in [5, 5.41) is 6.01. The molecule has 0 aromatic rings. The number of hydrogen-bond acceptors (Lipinski definition) is 8. The Bertz CT molecular complexity index is 89.8. The Balaban J connectivity index is 0. The highest BCUT2D eigenvalue weighted by Crippen LogP contribution is 1.45. The molecule has 0 spiro atoms. The van der Waals surface area contributed by atoms with Crippen molar-refractivity contribution in [3.05, 3.63) is 13.2 Å². The van der Waals surface area contributed by atoms with Crippen LogP contribution in [0.4, 0.5) is 0 Å². The molecule has 0 aliphatic rings. The molecular formula is C2H14N10. The quantitative estimate of drug-likeness (QED) is 0.0705. The predicted molar refractivity (Wildman–Crippen MR) is 43.3 cm³/mol. The third-order valence-corrected chi connectivity index (χ3v) is 0.423. The van der Waals surface area contributed by atoms with E-state index in [2.05, 4.69) is 62.7 Å². The monoisotopic (exact) mass is 178 g/mol. The smallest absolute Gasteiger partial charge is 0.0394 e. The van der Waals surface area contributed by atoms with Crippen LogP contribution >= 0.6 is 0 Å². The van der Waals surface area contributed by atoms with Gasteiger partial charge in [0.05, 0.1) is 0 Å². The molecule has 10 nitrogen and oxygen atoms in total. The Hall–Kier alpha value is -1.30. The summed E-state index contributed by atoms with van der Waals surface area (Å²) in [4.78, 5) is 0. The molecule has 0 aliphatic carbocycles. The highest BCUT2D eigenvalue weighted by Gasteiger charge is 1.74. The number of nitrogens with one attached hydrogen (secondary N) is 6. The topological polar surface area (TPSA) is 149 Å². The lowest BCUT2D eigenvalue weighted by Crippen LogP contribution is -2.59. The van der Waals surface area contributed by atoms with Crippen LogP contribution in [0.3, 0.4) is 0 Å². The molecule has 0 atom stereocenters. The van der Waals surface area contributed by atoms with Crippen LogP contribution in [0.25, 0.3) is 0 Å². The largest absolute Gasteiger partial charge is 0.303 e. The van der Waals surface area contributed by atoms with Gasteiger partial charge in [-0.2, -0.15) is 22.1 Å². The van der Waals surface area contributed by atoms with Crippen LogP contribution in [-0.2, 0) is 0 Å². The molecule has 0 aliphatic heterocycles. The van der Waals surface area contributed by atoms with Crippen LogP contribution < -0.4 is 44.9 Å². The van der Waals surface area contributed by atoms with E-state index in [1.807, 2.05) is 0 Å². The van der Waals surface area contributed by atoms with Gasteiger partial charge in [0.15, 0.2) is 0 Å². The van der Waals surface area contributed by atoms with Gasteiger partial charge in [0, 0.05) is 0 Å². The van der Waals surface area contributed by atoms with E-state index in [0.29, 0.717) is 0 Å². The van der Waals surface area contributed by atoms with Gasteiger partial charge in [0.2, 0.25) is 0 Å². The Kier molecular flexibility index (Phi) is 18.1. The van der Waals surface area contributed by atoms with E-state index in [4.69, 9.17) is 5.84 Å². The van der Waals surface area contributed by atoms with Crippen LogP contribution in [0, 0.1) is 0 Å². The van der Waals surface area contributed by atoms with E-state index < -0.39 is 0 Å². The SMILES string of the molecule is C=C.NN=NNNNNNNN. The molecular weight excluding hydrogens is 164 g/mol. The van der Waals surface area contributed by atoms with Crippen molar-refractivity contribution in [2.75, 3.05) is 0 Å². The van der Waals surface area contributed by atoms with Gasteiger partial charge < -0.3 is 5.84 Å². The Morgan fingerprint density at radius 3 is 2.08 bits per heavy atom. The molecule has 0 unspecified atom stereocenters. The van der Waals surface area contributed by atoms with Crippen molar-refractivity contribution in [2.45, 2.75) is 0 Å². The van der Waals surface area contributed by atoms with Gasteiger partial charge in [-0.15, -0.1) is 18.7 Å². The average molecular weight is 178 g/mol. The van der Waals surface area contributed by atoms with Gasteiger partial charge in [-0.1, -0.05) is 5.22 Å². The minimum atomic E-state index is 2.09. The van der Waals surface area contributed by atoms with Gasteiger partial charge in [0.25, 0.3) is 0 Å². The molecule has 0 saturated heterocycles. The number of nitrogens with two attached hydrogens (primary N) is 2. The maximum atomic E-state index is 4.80. The first-order valence-electron chi connectivity index (χ1n) is 2.72. The number of hydrogen-bond donors (Lipinski definition) is 8. The lowest BCUT2D eigenvalue weighted by molar-refractivity contribution is 0.295. The molecule has 12 heavy (non-hydrogen) atoms. The van der Waals surface area contributed by atoms with E-state index in [9.17, 15) is 0 Å². The fraction of sp³-hybridized carbons (Fsp3) is 0. The van der Waals surface area contributed by atoms with Crippen LogP contribution in [0.2, 0.25) is 0 Å². The molecule has 10 N–H and O–H groups in total. The van der Waals surface area contributed by atoms with Crippen molar-refractivity contribution in [2.24, 2.45) is 22.1 Å². The van der Waals surface area contributed by atoms with Crippen molar-refractivity contribution < 1.29 is 0 Å². The summed E-state index contributed by atoms with van der Waals surface area (Å²) >= 11 is 0. The van der Waals surface area contributed by atoms with Crippen molar-refractivity contribution in [3.8, 4) is 0 Å². The van der Waals surface area contributed by atoms with Crippen LogP contribution in [0.1, 0.15) is 0 Å². The molecule has 0 saturated carbocycles. The zero-order valence-corrected chi connectivity index (χ0v) is 6.46. The number of rotatable bonds is 6. The second-order valence-electron chi connectivity index (χ2n) is 0.972. The summed E-state index contributed by atoms with van der Waals surface area (Å²) in [7, 11) is 0. The summed E-state index contributed by atoms with van der Waals surface area (Å²) in [6.07, 6.45) is 0. The van der Waals surface area contributed by atoms with Crippen molar-refractivity contribution in [1.29, 1.82) is 0 Å². The van der Waals surface area contributed by atoms with E-state index in [0.717, 1.165) is 0 Å². The summed E-state index contributed by atoms with van der Waals surface area (Å²) in [6.45, 7) is 6.00. The second kappa shape index (κ2) is 16.4. The molecule has 72 valence electrons. The maximum absolute atomic E-state index is 4.80. The van der Waals surface area contributed by atoms with E-state index >= 15 is 0 Å². The zero-order chi connectivity index (χ0) is 9.66. The molecule has 0 aromatic heterocycles. The van der Waals surface area contributed by atoms with Crippen molar-refractivity contribution in [3.63, 3.8) is 0 Å². The van der Waals surface area contributed by atoms with E-state index in [1.54, 1.807) is 0 Å². The molecule has 0 aromatic carbocycles. The van der Waals surface area contributed by atoms with Crippen LogP contribution in [0.5, 0.6) is 0 Å². The van der Waals surface area contributed by atoms with Gasteiger partial charge in [-0.3, -0.25) is 5.84 Å². The standard InChI is InChI=1S/C2H4.H10N10/c1-2;1-3-5-7-9-10-8-6-4-2/h1-2H2;(H5,1,4,5,8,9)(H5,2,3,6,7,10). The van der Waals surface area contributed by atoms with Crippen LogP contribution in [-0.4, -0.2) is 0 Å². The first kappa shape index (κ1) is 13.3. The normalized spacial score (nSPS) is 9.08. The lowest BCUT2D eigenvalue weighted by Gasteiger charge is -2.05. The molecule has 0 bridgehead atoms. The van der Waals surface area contributed by atoms with E-state index in [1.165, 1.54) is 0 Å². The fourth-order valence-electron chi connectivity index (χ4n) is 0.180. The third kappa shape index (κ3) is 15.9. The fourth-order valence-corrected chi connectivity index (χ4v) is 0.180. The molecule has 0 fully saturated rings. The summed E-state index contributed by atoms with van der Waals surface area (Å²) in [5.41, 5.74) is 13.6. The highest BCUT2D eigenvalue weighted by molar-refractivity contribution is 4.22. The van der Waals surface area contributed by atoms with Crippen molar-refractivity contribution >= 4 is 0 Å². The molecule has 0 radical (unpaired) electrons. The van der Waals surface area contributed by atoms with Gasteiger partial charge in [-0.25, -0.2) is 5.53 Å². The van der Waals surface area contributed by atoms with Gasteiger partial charge >= 0.3 is 0 Å². The molecule has 10 heteroatoms. The minimum Gasteiger partial charge on any atom is -0.303 e. The first-order valence-corrected chi connectivity index (χ1v) is 2.72. The molecule has 0 heterocycles. The Morgan fingerprint density at radius 1 is 1.00 bits per heavy atom. The Morgan fingerprint density at radius 2 is 1.58 bits per heavy atom. The lowest BCUT2D eigenvalue weighted by atomic mass is 11.3. The zero-order valence-electron chi connectivity index (χ0n) is 6.46. The first-order chi connectivity index (χ1) is 5.91. The van der Waals surface area contributed by atoms with Crippen LogP contribution in [0.15, 0.2) is 23.6 Å². The van der Waals surface area contributed by atoms with Gasteiger partial charge in [-0.05, 0) is 5.22 Å². The minimum absolute atomic E-state index is 2.09. The number of nitrogens with zero attached hydrogens (tertiary/aromatic N) is 2. The Labute approximate surface area is 69.6 Å². The second-order valence-corrected chi connectivity index (χ2v) is 0.972. The third-order valence-electron chi connectivity index (χ3n) is 0.423.